The van der Waals surface area contributed by atoms with Gasteiger partial charge in [0.2, 0.25) is 0 Å². The maximum Gasteiger partial charge on any atom is 0.267 e. The number of nitrogens with one attached hydrogen (secondary N) is 1. The summed E-state index contributed by atoms with van der Waals surface area (Å²) in [6.07, 6.45) is 0. The first-order valence-electron chi connectivity index (χ1n) is 4.95. The van der Waals surface area contributed by atoms with Gasteiger partial charge in [0.25, 0.3) is 5.56 Å². The van der Waals surface area contributed by atoms with Crippen LogP contribution in [0.5, 0.6) is 0 Å². The van der Waals surface area contributed by atoms with E-state index < -0.39 is 0 Å². The number of aromatic nitrogens is 2. The SMILES string of the molecule is Cc1cccc(-n2[nH]c(=O)c(C)c2C)c1. The molecule has 2 aromatic rings. The highest BCUT2D eigenvalue weighted by atomic mass is 16.1. The number of nitrogens with zero attached hydrogens (tertiary/aromatic N) is 1. The third-order valence-electron chi connectivity index (χ3n) is 2.69. The summed E-state index contributed by atoms with van der Waals surface area (Å²) < 4.78 is 1.82. The maximum atomic E-state index is 11.4. The number of H-pyrrole nitrogens is 1. The fourth-order valence-corrected chi connectivity index (χ4v) is 1.63. The van der Waals surface area contributed by atoms with E-state index in [1.807, 2.05) is 49.7 Å². The quantitative estimate of drug-likeness (QED) is 0.755. The van der Waals surface area contributed by atoms with Gasteiger partial charge in [-0.25, -0.2) is 0 Å². The fraction of sp³-hybridized carbons (Fsp3) is 0.250. The Balaban J connectivity index is 2.64. The van der Waals surface area contributed by atoms with E-state index in [0.29, 0.717) is 0 Å². The van der Waals surface area contributed by atoms with Crippen molar-refractivity contribution in [3.8, 4) is 5.69 Å². The second-order valence-electron chi connectivity index (χ2n) is 3.83. The molecule has 15 heavy (non-hydrogen) atoms. The van der Waals surface area contributed by atoms with Gasteiger partial charge in [-0.05, 0) is 38.5 Å². The molecular formula is C12H14N2O. The Kier molecular flexibility index (Phi) is 2.23. The smallest absolute Gasteiger partial charge is 0.267 e. The molecule has 1 aromatic heterocycles. The van der Waals surface area contributed by atoms with Crippen molar-refractivity contribution in [1.29, 1.82) is 0 Å². The first kappa shape index (κ1) is 9.77. The lowest BCUT2D eigenvalue weighted by molar-refractivity contribution is 0.833. The fourth-order valence-electron chi connectivity index (χ4n) is 1.63. The van der Waals surface area contributed by atoms with E-state index in [-0.39, 0.29) is 5.56 Å². The molecule has 3 nitrogen and oxygen atoms in total. The average molecular weight is 202 g/mol. The first-order chi connectivity index (χ1) is 7.09. The number of hydrogen-bond donors (Lipinski definition) is 1. The van der Waals surface area contributed by atoms with E-state index in [0.717, 1.165) is 16.9 Å². The Morgan fingerprint density at radius 3 is 2.47 bits per heavy atom. The molecule has 0 fully saturated rings. The summed E-state index contributed by atoms with van der Waals surface area (Å²) in [5.41, 5.74) is 3.90. The van der Waals surface area contributed by atoms with Crippen LogP contribution in [-0.2, 0) is 0 Å². The third kappa shape index (κ3) is 1.61. The van der Waals surface area contributed by atoms with Gasteiger partial charge in [0, 0.05) is 11.3 Å². The van der Waals surface area contributed by atoms with Crippen molar-refractivity contribution in [3.63, 3.8) is 0 Å². The highest BCUT2D eigenvalue weighted by Crippen LogP contribution is 2.12. The van der Waals surface area contributed by atoms with E-state index in [9.17, 15) is 4.79 Å². The van der Waals surface area contributed by atoms with Gasteiger partial charge < -0.3 is 0 Å². The second kappa shape index (κ2) is 3.42. The van der Waals surface area contributed by atoms with E-state index in [1.54, 1.807) is 0 Å². The molecule has 0 radical (unpaired) electrons. The summed E-state index contributed by atoms with van der Waals surface area (Å²) in [6, 6.07) is 8.04. The Hall–Kier alpha value is -1.77. The minimum atomic E-state index is -0.0194. The van der Waals surface area contributed by atoms with Crippen molar-refractivity contribution in [2.75, 3.05) is 0 Å². The largest absolute Gasteiger partial charge is 0.268 e. The Morgan fingerprint density at radius 2 is 1.93 bits per heavy atom. The number of aromatic amines is 1. The van der Waals surface area contributed by atoms with Crippen molar-refractivity contribution >= 4 is 0 Å². The summed E-state index contributed by atoms with van der Waals surface area (Å²) in [4.78, 5) is 11.4. The lowest BCUT2D eigenvalue weighted by atomic mass is 10.2. The van der Waals surface area contributed by atoms with Crippen LogP contribution in [0.4, 0.5) is 0 Å². The van der Waals surface area contributed by atoms with Crippen molar-refractivity contribution in [1.82, 2.24) is 9.78 Å². The summed E-state index contributed by atoms with van der Waals surface area (Å²) in [7, 11) is 0. The van der Waals surface area contributed by atoms with E-state index >= 15 is 0 Å². The molecule has 0 bridgehead atoms. The lowest BCUT2D eigenvalue weighted by Gasteiger charge is -2.06. The molecule has 1 aromatic carbocycles. The van der Waals surface area contributed by atoms with Crippen LogP contribution in [0.3, 0.4) is 0 Å². The van der Waals surface area contributed by atoms with Gasteiger partial charge in [-0.2, -0.15) is 0 Å². The van der Waals surface area contributed by atoms with E-state index in [1.165, 1.54) is 5.56 Å². The summed E-state index contributed by atoms with van der Waals surface area (Å²) in [6.45, 7) is 5.81. The molecule has 1 N–H and O–H groups in total. The van der Waals surface area contributed by atoms with Gasteiger partial charge in [-0.15, -0.1) is 0 Å². The van der Waals surface area contributed by atoms with Gasteiger partial charge in [-0.3, -0.25) is 14.6 Å². The van der Waals surface area contributed by atoms with Crippen LogP contribution in [0.25, 0.3) is 5.69 Å². The van der Waals surface area contributed by atoms with Gasteiger partial charge in [-0.1, -0.05) is 12.1 Å². The summed E-state index contributed by atoms with van der Waals surface area (Å²) in [5, 5.41) is 2.82. The summed E-state index contributed by atoms with van der Waals surface area (Å²) in [5.74, 6) is 0. The van der Waals surface area contributed by atoms with Crippen molar-refractivity contribution in [3.05, 3.63) is 51.4 Å². The van der Waals surface area contributed by atoms with Crippen LogP contribution in [0.15, 0.2) is 29.1 Å². The number of aryl methyl sites for hydroxylation is 1. The molecule has 0 aliphatic carbocycles. The highest BCUT2D eigenvalue weighted by molar-refractivity contribution is 5.37. The van der Waals surface area contributed by atoms with E-state index in [4.69, 9.17) is 0 Å². The maximum absolute atomic E-state index is 11.4. The average Bonchev–Trinajstić information content (AvgIpc) is 2.46. The number of rotatable bonds is 1. The van der Waals surface area contributed by atoms with Crippen molar-refractivity contribution < 1.29 is 0 Å². The molecule has 3 heteroatoms. The standard InChI is InChI=1S/C12H14N2O/c1-8-5-4-6-11(7-8)14-10(3)9(2)12(15)13-14/h4-7H,1-3H3,(H,13,15). The Labute approximate surface area is 88.4 Å². The van der Waals surface area contributed by atoms with Gasteiger partial charge in [0.15, 0.2) is 0 Å². The van der Waals surface area contributed by atoms with Gasteiger partial charge in [0.05, 0.1) is 5.69 Å². The van der Waals surface area contributed by atoms with Gasteiger partial charge >= 0.3 is 0 Å². The molecule has 0 amide bonds. The molecule has 0 spiro atoms. The normalized spacial score (nSPS) is 10.6. The van der Waals surface area contributed by atoms with Crippen molar-refractivity contribution in [2.45, 2.75) is 20.8 Å². The molecule has 2 rings (SSSR count). The molecule has 0 aliphatic heterocycles. The second-order valence-corrected chi connectivity index (χ2v) is 3.83. The predicted molar refractivity (Wildman–Crippen MR) is 60.6 cm³/mol. The van der Waals surface area contributed by atoms with E-state index in [2.05, 4.69) is 5.10 Å². The van der Waals surface area contributed by atoms with Crippen LogP contribution in [0, 0.1) is 20.8 Å². The number of benzene rings is 1. The topological polar surface area (TPSA) is 37.8 Å². The first-order valence-corrected chi connectivity index (χ1v) is 4.95. The predicted octanol–water partition coefficient (Wildman–Crippen LogP) is 2.09. The zero-order valence-corrected chi connectivity index (χ0v) is 9.16. The Bertz CT molecular complexity index is 549. The zero-order valence-electron chi connectivity index (χ0n) is 9.16. The minimum Gasteiger partial charge on any atom is -0.268 e. The molecule has 0 atom stereocenters. The van der Waals surface area contributed by atoms with Crippen LogP contribution in [0.2, 0.25) is 0 Å². The third-order valence-corrected chi connectivity index (χ3v) is 2.69. The van der Waals surface area contributed by atoms with Crippen LogP contribution in [0.1, 0.15) is 16.8 Å². The molecular weight excluding hydrogens is 188 g/mol. The van der Waals surface area contributed by atoms with Crippen LogP contribution < -0.4 is 5.56 Å². The van der Waals surface area contributed by atoms with Crippen LogP contribution in [-0.4, -0.2) is 9.78 Å². The molecule has 0 saturated carbocycles. The molecule has 0 saturated heterocycles. The molecule has 1 heterocycles. The highest BCUT2D eigenvalue weighted by Gasteiger charge is 2.07. The monoisotopic (exact) mass is 202 g/mol. The van der Waals surface area contributed by atoms with Gasteiger partial charge in [0.1, 0.15) is 0 Å². The summed E-state index contributed by atoms with van der Waals surface area (Å²) >= 11 is 0. The van der Waals surface area contributed by atoms with Crippen molar-refractivity contribution in [2.24, 2.45) is 0 Å². The molecule has 78 valence electrons. The minimum absolute atomic E-state index is 0.0194. The van der Waals surface area contributed by atoms with Crippen LogP contribution >= 0.6 is 0 Å². The molecule has 0 unspecified atom stereocenters. The zero-order chi connectivity index (χ0) is 11.0. The lowest BCUT2D eigenvalue weighted by Crippen LogP contribution is -2.05. The Morgan fingerprint density at radius 1 is 1.20 bits per heavy atom. The molecule has 0 aliphatic rings. The number of hydrogen-bond acceptors (Lipinski definition) is 1.